The van der Waals surface area contributed by atoms with E-state index in [2.05, 4.69) is 10.1 Å². The number of Topliss-reactive ketones (excluding diaryl/α,β-unsaturated/α-hetero) is 1. The quantitative estimate of drug-likeness (QED) is 0.797. The molecule has 1 heterocycles. The number of anilines is 1. The first-order chi connectivity index (χ1) is 9.01. The molecule has 6 nitrogen and oxygen atoms in total. The maximum absolute atomic E-state index is 12.2. The highest BCUT2D eigenvalue weighted by molar-refractivity contribution is 6.31. The number of fused-ring (bicyclic) bond motifs is 1. The van der Waals surface area contributed by atoms with Gasteiger partial charge in [-0.1, -0.05) is 11.6 Å². The van der Waals surface area contributed by atoms with Crippen molar-refractivity contribution in [2.75, 3.05) is 12.4 Å². The number of rotatable bonds is 1. The molecular formula is C12H10ClNO5. The van der Waals surface area contributed by atoms with Crippen LogP contribution in [0.25, 0.3) is 0 Å². The molecule has 7 heteroatoms. The summed E-state index contributed by atoms with van der Waals surface area (Å²) >= 11 is 5.80. The predicted octanol–water partition coefficient (Wildman–Crippen LogP) is 2.02. The van der Waals surface area contributed by atoms with Gasteiger partial charge in [0.05, 0.1) is 19.2 Å². The predicted molar refractivity (Wildman–Crippen MR) is 66.3 cm³/mol. The third-order valence-corrected chi connectivity index (χ3v) is 2.82. The normalized spacial score (nSPS) is 18.1. The first-order valence-electron chi connectivity index (χ1n) is 5.39. The Kier molecular flexibility index (Phi) is 3.71. The third-order valence-electron chi connectivity index (χ3n) is 2.59. The van der Waals surface area contributed by atoms with Crippen LogP contribution in [0.1, 0.15) is 16.8 Å². The van der Waals surface area contributed by atoms with E-state index in [9.17, 15) is 14.4 Å². The average molecular weight is 284 g/mol. The molecule has 1 unspecified atom stereocenters. The molecule has 1 aromatic carbocycles. The number of ether oxygens (including phenoxy) is 2. The Morgan fingerprint density at radius 3 is 2.84 bits per heavy atom. The summed E-state index contributed by atoms with van der Waals surface area (Å²) in [6.07, 6.45) is -2.47. The van der Waals surface area contributed by atoms with Gasteiger partial charge in [-0.25, -0.2) is 4.79 Å². The summed E-state index contributed by atoms with van der Waals surface area (Å²) in [5.41, 5.74) is 0.544. The number of nitrogens with one attached hydrogen (secondary N) is 1. The molecule has 0 bridgehead atoms. The second-order valence-electron chi connectivity index (χ2n) is 3.87. The summed E-state index contributed by atoms with van der Waals surface area (Å²) < 4.78 is 9.10. The topological polar surface area (TPSA) is 81.7 Å². The first kappa shape index (κ1) is 13.4. The molecule has 0 spiro atoms. The van der Waals surface area contributed by atoms with Crippen LogP contribution < -0.4 is 5.32 Å². The Hall–Kier alpha value is -2.08. The maximum Gasteiger partial charge on any atom is 0.508 e. The number of ketones is 1. The molecule has 0 saturated carbocycles. The van der Waals surface area contributed by atoms with Crippen LogP contribution in [-0.2, 0) is 14.3 Å². The number of carbonyl (C=O) groups is 3. The molecule has 0 saturated heterocycles. The van der Waals surface area contributed by atoms with Gasteiger partial charge in [-0.3, -0.25) is 9.59 Å². The lowest BCUT2D eigenvalue weighted by Crippen LogP contribution is -2.29. The van der Waals surface area contributed by atoms with Crippen molar-refractivity contribution in [2.24, 2.45) is 0 Å². The first-order valence-corrected chi connectivity index (χ1v) is 5.77. The van der Waals surface area contributed by atoms with Gasteiger partial charge in [0.2, 0.25) is 11.7 Å². The number of halogens is 1. The van der Waals surface area contributed by atoms with Gasteiger partial charge in [-0.15, -0.1) is 0 Å². The Morgan fingerprint density at radius 2 is 2.16 bits per heavy atom. The molecule has 1 N–H and O–H groups in total. The Bertz CT molecular complexity index is 557. The second-order valence-corrected chi connectivity index (χ2v) is 4.30. The second kappa shape index (κ2) is 5.27. The molecule has 1 atom stereocenters. The Labute approximate surface area is 113 Å². The zero-order valence-electron chi connectivity index (χ0n) is 9.94. The van der Waals surface area contributed by atoms with E-state index in [0.717, 1.165) is 7.11 Å². The van der Waals surface area contributed by atoms with Gasteiger partial charge in [0.1, 0.15) is 0 Å². The summed E-state index contributed by atoms with van der Waals surface area (Å²) in [4.78, 5) is 34.9. The van der Waals surface area contributed by atoms with Gasteiger partial charge in [-0.2, -0.15) is 0 Å². The lowest BCUT2D eigenvalue weighted by Gasteiger charge is -2.12. The van der Waals surface area contributed by atoms with E-state index in [1.54, 1.807) is 0 Å². The van der Waals surface area contributed by atoms with Crippen molar-refractivity contribution >= 4 is 35.1 Å². The van der Waals surface area contributed by atoms with Crippen molar-refractivity contribution in [3.05, 3.63) is 28.8 Å². The summed E-state index contributed by atoms with van der Waals surface area (Å²) in [6.45, 7) is 0. The molecule has 100 valence electrons. The highest BCUT2D eigenvalue weighted by atomic mass is 35.5. The zero-order chi connectivity index (χ0) is 14.0. The van der Waals surface area contributed by atoms with E-state index < -0.39 is 23.9 Å². The van der Waals surface area contributed by atoms with Gasteiger partial charge in [0, 0.05) is 10.6 Å². The number of benzene rings is 1. The summed E-state index contributed by atoms with van der Waals surface area (Å²) in [5, 5.41) is 2.93. The molecule has 1 aliphatic heterocycles. The summed E-state index contributed by atoms with van der Waals surface area (Å²) in [7, 11) is 1.12. The van der Waals surface area contributed by atoms with E-state index in [0.29, 0.717) is 10.7 Å². The van der Waals surface area contributed by atoms with Crippen molar-refractivity contribution in [3.8, 4) is 0 Å². The van der Waals surface area contributed by atoms with Crippen LogP contribution in [0.4, 0.5) is 10.5 Å². The summed E-state index contributed by atoms with van der Waals surface area (Å²) in [6, 6.07) is 4.46. The number of methoxy groups -OCH3 is 1. The van der Waals surface area contributed by atoms with Crippen molar-refractivity contribution in [1.82, 2.24) is 0 Å². The fourth-order valence-electron chi connectivity index (χ4n) is 1.73. The molecule has 1 aliphatic rings. The molecule has 0 aliphatic carbocycles. The number of hydrogen-bond donors (Lipinski definition) is 1. The van der Waals surface area contributed by atoms with Gasteiger partial charge in [0.15, 0.2) is 6.10 Å². The Balaban J connectivity index is 2.36. The number of carbonyl (C=O) groups excluding carboxylic acids is 3. The number of amides is 1. The summed E-state index contributed by atoms with van der Waals surface area (Å²) in [5.74, 6) is -0.918. The van der Waals surface area contributed by atoms with Gasteiger partial charge >= 0.3 is 6.16 Å². The molecule has 19 heavy (non-hydrogen) atoms. The Morgan fingerprint density at radius 1 is 1.42 bits per heavy atom. The monoisotopic (exact) mass is 283 g/mol. The molecule has 1 amide bonds. The minimum atomic E-state index is -1.20. The van der Waals surface area contributed by atoms with Crippen LogP contribution in [0.15, 0.2) is 18.2 Å². The lowest BCUT2D eigenvalue weighted by molar-refractivity contribution is -0.117. The highest BCUT2D eigenvalue weighted by Crippen LogP contribution is 2.26. The minimum absolute atomic E-state index is 0.240. The van der Waals surface area contributed by atoms with Crippen molar-refractivity contribution in [3.63, 3.8) is 0 Å². The van der Waals surface area contributed by atoms with Crippen LogP contribution in [0, 0.1) is 0 Å². The molecular weight excluding hydrogens is 274 g/mol. The highest BCUT2D eigenvalue weighted by Gasteiger charge is 2.32. The third kappa shape index (κ3) is 2.85. The van der Waals surface area contributed by atoms with Crippen LogP contribution in [0.2, 0.25) is 5.02 Å². The van der Waals surface area contributed by atoms with Crippen molar-refractivity contribution in [1.29, 1.82) is 0 Å². The maximum atomic E-state index is 12.2. The zero-order valence-corrected chi connectivity index (χ0v) is 10.7. The molecule has 0 radical (unpaired) electrons. The van der Waals surface area contributed by atoms with E-state index in [4.69, 9.17) is 16.3 Å². The van der Waals surface area contributed by atoms with Crippen molar-refractivity contribution < 1.29 is 23.9 Å². The molecule has 0 fully saturated rings. The molecule has 0 aromatic heterocycles. The van der Waals surface area contributed by atoms with Gasteiger partial charge < -0.3 is 14.8 Å². The van der Waals surface area contributed by atoms with E-state index in [1.165, 1.54) is 18.2 Å². The average Bonchev–Trinajstić information content (AvgIpc) is 2.47. The van der Waals surface area contributed by atoms with E-state index in [-0.39, 0.29) is 12.0 Å². The number of hydrogen-bond acceptors (Lipinski definition) is 5. The standard InChI is InChI=1S/C12H10ClNO5/c1-18-12(17)19-9-5-10(15)14-8-4-6(13)2-3-7(8)11(9)16/h2-4,9H,5H2,1H3,(H,14,15). The van der Waals surface area contributed by atoms with E-state index in [1.807, 2.05) is 0 Å². The SMILES string of the molecule is COC(=O)OC1CC(=O)Nc2cc(Cl)ccc2C1=O. The largest absolute Gasteiger partial charge is 0.508 e. The van der Waals surface area contributed by atoms with E-state index >= 15 is 0 Å². The fraction of sp³-hybridized carbons (Fsp3) is 0.250. The van der Waals surface area contributed by atoms with Gasteiger partial charge in [-0.05, 0) is 18.2 Å². The van der Waals surface area contributed by atoms with Crippen LogP contribution in [0.3, 0.4) is 0 Å². The van der Waals surface area contributed by atoms with Gasteiger partial charge in [0.25, 0.3) is 0 Å². The van der Waals surface area contributed by atoms with Crippen LogP contribution >= 0.6 is 11.6 Å². The fourth-order valence-corrected chi connectivity index (χ4v) is 1.90. The lowest BCUT2D eigenvalue weighted by atomic mass is 10.0. The molecule has 2 rings (SSSR count). The minimum Gasteiger partial charge on any atom is -0.438 e. The molecule has 1 aromatic rings. The smallest absolute Gasteiger partial charge is 0.438 e. The van der Waals surface area contributed by atoms with Crippen LogP contribution in [-0.4, -0.2) is 31.1 Å². The van der Waals surface area contributed by atoms with Crippen molar-refractivity contribution in [2.45, 2.75) is 12.5 Å². The van der Waals surface area contributed by atoms with Crippen LogP contribution in [0.5, 0.6) is 0 Å².